The van der Waals surface area contributed by atoms with Crippen LogP contribution in [0.2, 0.25) is 0 Å². The van der Waals surface area contributed by atoms with Crippen molar-refractivity contribution in [1.82, 2.24) is 18.7 Å². The van der Waals surface area contributed by atoms with Crippen LogP contribution in [0.25, 0.3) is 34.3 Å². The number of benzene rings is 3. The molecule has 3 aromatic carbocycles. The summed E-state index contributed by atoms with van der Waals surface area (Å²) in [6.07, 6.45) is 3.54. The Bertz CT molecular complexity index is 2330. The fourth-order valence-electron chi connectivity index (χ4n) is 4.92. The highest BCUT2D eigenvalue weighted by Crippen LogP contribution is 2.26. The number of hydrogen-bond acceptors (Lipinski definition) is 7. The van der Waals surface area contributed by atoms with Crippen LogP contribution in [0.15, 0.2) is 88.7 Å². The number of rotatable bonds is 7. The van der Waals surface area contributed by atoms with Crippen LogP contribution in [-0.4, -0.2) is 46.9 Å². The number of Topliss-reactive ketones (excluding diaryl/α,β-unsaturated/α-hetero) is 1. The molecule has 11 heteroatoms. The smallest absolute Gasteiger partial charge is 0.273 e. The Morgan fingerprint density at radius 3 is 2.26 bits per heavy atom. The Labute approximate surface area is 278 Å². The van der Waals surface area contributed by atoms with E-state index in [-0.39, 0.29) is 25.4 Å². The summed E-state index contributed by atoms with van der Waals surface area (Å²) in [5, 5.41) is 15.2. The second kappa shape index (κ2) is 12.7. The maximum atomic E-state index is 14.4. The molecule has 0 saturated heterocycles. The SMILES string of the molecule is Cc1ccc(-c2nn(-c3ccccc3)cc2/C=c2\s/c(=C(/C#N)C(=O)C(C)(C)C)n(-c3cc(S(=O)(=O)N(C)C)ccc3C)c2=O)cc1. The maximum Gasteiger partial charge on any atom is 0.273 e. The summed E-state index contributed by atoms with van der Waals surface area (Å²) in [6, 6.07) is 24.0. The molecule has 0 fully saturated rings. The van der Waals surface area contributed by atoms with Crippen LogP contribution in [0.1, 0.15) is 37.5 Å². The quantitative estimate of drug-likeness (QED) is 0.248. The highest BCUT2D eigenvalue weighted by atomic mass is 32.2. The van der Waals surface area contributed by atoms with Gasteiger partial charge in [0.2, 0.25) is 10.0 Å². The number of sulfonamides is 1. The van der Waals surface area contributed by atoms with Gasteiger partial charge in [-0.2, -0.15) is 10.4 Å². The Hall–Kier alpha value is -4.89. The number of aromatic nitrogens is 3. The van der Waals surface area contributed by atoms with E-state index in [4.69, 9.17) is 5.10 Å². The van der Waals surface area contributed by atoms with Crippen molar-refractivity contribution in [1.29, 1.82) is 5.26 Å². The molecule has 5 aromatic rings. The minimum Gasteiger partial charge on any atom is -0.293 e. The second-order valence-corrected chi connectivity index (χ2v) is 15.6. The van der Waals surface area contributed by atoms with Crippen molar-refractivity contribution in [3.8, 4) is 28.7 Å². The van der Waals surface area contributed by atoms with Gasteiger partial charge in [-0.1, -0.05) is 74.9 Å². The average molecular weight is 666 g/mol. The predicted octanol–water partition coefficient (Wildman–Crippen LogP) is 4.74. The molecule has 0 aliphatic carbocycles. The molecule has 0 bridgehead atoms. The number of nitrogens with zero attached hydrogens (tertiary/aromatic N) is 5. The van der Waals surface area contributed by atoms with E-state index >= 15 is 0 Å². The van der Waals surface area contributed by atoms with E-state index in [0.717, 1.165) is 32.5 Å². The Kier molecular flexibility index (Phi) is 9.06. The van der Waals surface area contributed by atoms with Gasteiger partial charge in [0.15, 0.2) is 5.78 Å². The number of nitriles is 1. The summed E-state index contributed by atoms with van der Waals surface area (Å²) in [4.78, 5) is 28.0. The van der Waals surface area contributed by atoms with Crippen LogP contribution in [0.4, 0.5) is 0 Å². The van der Waals surface area contributed by atoms with E-state index in [1.54, 1.807) is 44.5 Å². The largest absolute Gasteiger partial charge is 0.293 e. The standard InChI is InChI=1S/C36H35N5O4S2/c1-23-13-16-25(17-14-23)32-26(22-40(38-32)27-11-9-8-10-12-27)19-31-34(43)41(35(46-31)29(21-37)33(42)36(3,4)5)30-20-28(18-15-24(30)2)47(44,45)39(6)7/h8-20,22H,1-7H3/b31-19-,35-29-. The van der Waals surface area contributed by atoms with Crippen molar-refractivity contribution in [2.24, 2.45) is 5.41 Å². The van der Waals surface area contributed by atoms with Crippen LogP contribution in [0.5, 0.6) is 0 Å². The molecule has 0 saturated carbocycles. The molecule has 0 aliphatic heterocycles. The van der Waals surface area contributed by atoms with Crippen molar-refractivity contribution >= 4 is 38.8 Å². The van der Waals surface area contributed by atoms with Gasteiger partial charge in [0.25, 0.3) is 5.56 Å². The highest BCUT2D eigenvalue weighted by molar-refractivity contribution is 7.89. The lowest BCUT2D eigenvalue weighted by Gasteiger charge is -2.16. The Morgan fingerprint density at radius 1 is 1.00 bits per heavy atom. The first kappa shape index (κ1) is 33.5. The fraction of sp³-hybridized carbons (Fsp3) is 0.222. The summed E-state index contributed by atoms with van der Waals surface area (Å²) in [7, 11) is -1.01. The first-order chi connectivity index (χ1) is 22.1. The van der Waals surface area contributed by atoms with Gasteiger partial charge in [0.1, 0.15) is 16.3 Å². The van der Waals surface area contributed by atoms with Gasteiger partial charge in [-0.25, -0.2) is 17.4 Å². The lowest BCUT2D eigenvalue weighted by atomic mass is 9.87. The summed E-state index contributed by atoms with van der Waals surface area (Å²) in [5.41, 5.74) is 3.31. The molecule has 0 amide bonds. The number of thiazole rings is 1. The van der Waals surface area contributed by atoms with Crippen LogP contribution in [0.3, 0.4) is 0 Å². The van der Waals surface area contributed by atoms with Gasteiger partial charge in [-0.15, -0.1) is 11.3 Å². The van der Waals surface area contributed by atoms with Crippen LogP contribution in [-0.2, 0) is 14.8 Å². The molecular weight excluding hydrogens is 631 g/mol. The number of carbonyl (C=O) groups excluding carboxylic acids is 1. The molecule has 5 rings (SSSR count). The molecule has 2 heterocycles. The molecule has 0 N–H and O–H groups in total. The number of aryl methyl sites for hydroxylation is 2. The third kappa shape index (κ3) is 6.53. The van der Waals surface area contributed by atoms with Gasteiger partial charge >= 0.3 is 0 Å². The first-order valence-electron chi connectivity index (χ1n) is 14.8. The number of hydrogen-bond donors (Lipinski definition) is 0. The summed E-state index contributed by atoms with van der Waals surface area (Å²) >= 11 is 1.01. The molecule has 0 atom stereocenters. The van der Waals surface area contributed by atoms with Crippen molar-refractivity contribution in [2.75, 3.05) is 14.1 Å². The zero-order valence-electron chi connectivity index (χ0n) is 27.3. The number of ketones is 1. The normalized spacial score (nSPS) is 13.1. The summed E-state index contributed by atoms with van der Waals surface area (Å²) in [6.45, 7) is 8.86. The third-order valence-corrected chi connectivity index (χ3v) is 10.5. The molecule has 9 nitrogen and oxygen atoms in total. The Morgan fingerprint density at radius 2 is 1.66 bits per heavy atom. The van der Waals surface area contributed by atoms with Gasteiger partial charge < -0.3 is 0 Å². The molecule has 0 aliphatic rings. The van der Waals surface area contributed by atoms with E-state index in [0.29, 0.717) is 16.8 Å². The maximum absolute atomic E-state index is 14.4. The molecular formula is C36H35N5O4S2. The minimum absolute atomic E-state index is 0.0240. The van der Waals surface area contributed by atoms with Crippen molar-refractivity contribution < 1.29 is 13.2 Å². The zero-order chi connectivity index (χ0) is 34.3. The average Bonchev–Trinajstić information content (AvgIpc) is 3.59. The van der Waals surface area contributed by atoms with Crippen molar-refractivity contribution in [3.63, 3.8) is 0 Å². The topological polar surface area (TPSA) is 118 Å². The monoisotopic (exact) mass is 665 g/mol. The number of para-hydroxylation sites is 1. The molecule has 0 radical (unpaired) electrons. The van der Waals surface area contributed by atoms with E-state index in [1.165, 1.54) is 30.8 Å². The van der Waals surface area contributed by atoms with Gasteiger partial charge in [-0.05, 0) is 49.8 Å². The van der Waals surface area contributed by atoms with Crippen LogP contribution >= 0.6 is 11.3 Å². The van der Waals surface area contributed by atoms with Crippen LogP contribution in [0, 0.1) is 30.6 Å². The summed E-state index contributed by atoms with van der Waals surface area (Å²) in [5.74, 6) is -0.437. The van der Waals surface area contributed by atoms with Gasteiger partial charge in [-0.3, -0.25) is 14.2 Å². The number of carbonyl (C=O) groups is 1. The minimum atomic E-state index is -3.86. The van der Waals surface area contributed by atoms with E-state index < -0.39 is 26.8 Å². The van der Waals surface area contributed by atoms with Gasteiger partial charge in [0.05, 0.1) is 26.5 Å². The molecule has 2 aromatic heterocycles. The molecule has 0 spiro atoms. The fourth-order valence-corrected chi connectivity index (χ4v) is 6.93. The van der Waals surface area contributed by atoms with Crippen molar-refractivity contribution in [2.45, 2.75) is 39.5 Å². The highest BCUT2D eigenvalue weighted by Gasteiger charge is 2.28. The zero-order valence-corrected chi connectivity index (χ0v) is 28.9. The molecule has 240 valence electrons. The summed E-state index contributed by atoms with van der Waals surface area (Å²) < 4.78 is 30.7. The lowest BCUT2D eigenvalue weighted by Crippen LogP contribution is -2.34. The van der Waals surface area contributed by atoms with E-state index in [9.17, 15) is 23.3 Å². The second-order valence-electron chi connectivity index (χ2n) is 12.4. The van der Waals surface area contributed by atoms with E-state index in [1.807, 2.05) is 67.7 Å². The van der Waals surface area contributed by atoms with Crippen LogP contribution < -0.4 is 14.8 Å². The van der Waals surface area contributed by atoms with Gasteiger partial charge in [0, 0.05) is 36.8 Å². The lowest BCUT2D eigenvalue weighted by molar-refractivity contribution is -0.120. The third-order valence-electron chi connectivity index (χ3n) is 7.63. The predicted molar refractivity (Wildman–Crippen MR) is 186 cm³/mol. The van der Waals surface area contributed by atoms with Crippen molar-refractivity contribution in [3.05, 3.63) is 115 Å². The molecule has 0 unspecified atom stereocenters. The van der Waals surface area contributed by atoms with E-state index in [2.05, 4.69) is 6.07 Å². The molecule has 47 heavy (non-hydrogen) atoms. The first-order valence-corrected chi connectivity index (χ1v) is 17.1. The Balaban J connectivity index is 1.89.